The molecule has 1 aliphatic rings. The average molecular weight is 444 g/mol. The highest BCUT2D eigenvalue weighted by atomic mass is 19.1. The van der Waals surface area contributed by atoms with E-state index >= 15 is 0 Å². The molecule has 0 fully saturated rings. The Hall–Kier alpha value is -3.50. The summed E-state index contributed by atoms with van der Waals surface area (Å²) in [5.41, 5.74) is 3.25. The summed E-state index contributed by atoms with van der Waals surface area (Å²) in [6.45, 7) is 3.16. The van der Waals surface area contributed by atoms with Gasteiger partial charge >= 0.3 is 0 Å². The minimum Gasteiger partial charge on any atom is -0.395 e. The van der Waals surface area contributed by atoms with Crippen molar-refractivity contribution in [2.75, 3.05) is 25.0 Å². The number of hydrogen-bond acceptors (Lipinski definition) is 5. The maximum Gasteiger partial charge on any atom is 0.256 e. The van der Waals surface area contributed by atoms with E-state index in [9.17, 15) is 23.9 Å². The van der Waals surface area contributed by atoms with Crippen molar-refractivity contribution >= 4 is 35.1 Å². The predicted octanol–water partition coefficient (Wildman–Crippen LogP) is 0.853. The number of aryl methyl sites for hydroxylation is 1. The third-order valence-corrected chi connectivity index (χ3v) is 5.11. The number of halogens is 1. The molecule has 6 N–H and O–H groups in total. The van der Waals surface area contributed by atoms with Crippen molar-refractivity contribution in [2.24, 2.45) is 0 Å². The van der Waals surface area contributed by atoms with Crippen LogP contribution in [0.25, 0.3) is 11.6 Å². The molecule has 170 valence electrons. The number of hydrogen-bond donors (Lipinski definition) is 6. The molecule has 0 saturated carbocycles. The Kier molecular flexibility index (Phi) is 7.06. The number of carbonyl (C=O) groups excluding carboxylic acids is 3. The van der Waals surface area contributed by atoms with Crippen LogP contribution in [0, 0.1) is 19.7 Å². The van der Waals surface area contributed by atoms with Gasteiger partial charge in [-0.1, -0.05) is 0 Å². The van der Waals surface area contributed by atoms with E-state index in [1.165, 1.54) is 18.2 Å². The van der Waals surface area contributed by atoms with Gasteiger partial charge in [-0.05, 0) is 43.7 Å². The highest BCUT2D eigenvalue weighted by Crippen LogP contribution is 2.34. The largest absolute Gasteiger partial charge is 0.395 e. The number of aliphatic hydroxyl groups excluding tert-OH is 2. The summed E-state index contributed by atoms with van der Waals surface area (Å²) in [7, 11) is 0. The van der Waals surface area contributed by atoms with Crippen LogP contribution in [-0.4, -0.2) is 58.7 Å². The van der Waals surface area contributed by atoms with Crippen LogP contribution in [-0.2, 0) is 9.59 Å². The summed E-state index contributed by atoms with van der Waals surface area (Å²) in [5, 5.41) is 26.3. The maximum atomic E-state index is 13.7. The fourth-order valence-corrected chi connectivity index (χ4v) is 3.56. The van der Waals surface area contributed by atoms with Crippen molar-refractivity contribution in [1.82, 2.24) is 15.6 Å². The lowest BCUT2D eigenvalue weighted by molar-refractivity contribution is -0.123. The average Bonchev–Trinajstić information content (AvgIpc) is 3.20. The van der Waals surface area contributed by atoms with Gasteiger partial charge < -0.3 is 31.1 Å². The summed E-state index contributed by atoms with van der Waals surface area (Å²) < 4.78 is 13.7. The number of fused-ring (bicyclic) bond motifs is 1. The van der Waals surface area contributed by atoms with Crippen LogP contribution in [0.3, 0.4) is 0 Å². The second-order valence-electron chi connectivity index (χ2n) is 7.51. The standard InChI is InChI=1S/C22H25FN4O5/c1-11-18(9-16-15-7-13(23)3-4-17(15)27-21(16)31)26-12(2)20(11)22(32)25-10-14(29)8-19(30)24-5-6-28/h3-4,7,9,14,26,28-29H,5-6,8,10H2,1-2H3,(H,24,30)(H,25,32)(H,27,31)/b16-9-. The molecule has 2 heterocycles. The van der Waals surface area contributed by atoms with E-state index < -0.39 is 23.7 Å². The predicted molar refractivity (Wildman–Crippen MR) is 116 cm³/mol. The number of carbonyl (C=O) groups is 3. The van der Waals surface area contributed by atoms with Gasteiger partial charge in [-0.15, -0.1) is 0 Å². The Morgan fingerprint density at radius 2 is 2.00 bits per heavy atom. The fourth-order valence-electron chi connectivity index (χ4n) is 3.56. The Bertz CT molecular complexity index is 1090. The summed E-state index contributed by atoms with van der Waals surface area (Å²) in [5.74, 6) is -1.71. The summed E-state index contributed by atoms with van der Waals surface area (Å²) in [6, 6.07) is 4.03. The topological polar surface area (TPSA) is 144 Å². The maximum absolute atomic E-state index is 13.7. The van der Waals surface area contributed by atoms with Crippen LogP contribution < -0.4 is 16.0 Å². The zero-order chi connectivity index (χ0) is 23.4. The van der Waals surface area contributed by atoms with Crippen LogP contribution in [0.4, 0.5) is 10.1 Å². The number of aromatic nitrogens is 1. The first-order chi connectivity index (χ1) is 15.2. The van der Waals surface area contributed by atoms with Gasteiger partial charge in [0, 0.05) is 35.7 Å². The van der Waals surface area contributed by atoms with Gasteiger partial charge in [0.05, 0.1) is 30.3 Å². The molecule has 0 radical (unpaired) electrons. The van der Waals surface area contributed by atoms with E-state index in [1.807, 2.05) is 0 Å². The number of benzene rings is 1. The number of aromatic amines is 1. The minimum absolute atomic E-state index is 0.0904. The first-order valence-corrected chi connectivity index (χ1v) is 10.1. The van der Waals surface area contributed by atoms with E-state index in [2.05, 4.69) is 20.9 Å². The number of H-pyrrole nitrogens is 1. The monoisotopic (exact) mass is 444 g/mol. The number of amides is 3. The lowest BCUT2D eigenvalue weighted by Gasteiger charge is -2.12. The minimum atomic E-state index is -1.09. The molecule has 32 heavy (non-hydrogen) atoms. The number of anilines is 1. The first-order valence-electron chi connectivity index (χ1n) is 10.1. The summed E-state index contributed by atoms with van der Waals surface area (Å²) in [6.07, 6.45) is 0.265. The Labute approximate surface area is 183 Å². The molecule has 10 heteroatoms. The molecule has 1 unspecified atom stereocenters. The number of nitrogens with one attached hydrogen (secondary N) is 4. The molecule has 2 aromatic rings. The van der Waals surface area contributed by atoms with Crippen LogP contribution in [0.15, 0.2) is 18.2 Å². The second-order valence-corrected chi connectivity index (χ2v) is 7.51. The number of rotatable bonds is 8. The molecule has 1 aromatic carbocycles. The summed E-state index contributed by atoms with van der Waals surface area (Å²) >= 11 is 0. The molecule has 1 aliphatic heterocycles. The molecular weight excluding hydrogens is 419 g/mol. The molecular formula is C22H25FN4O5. The smallest absolute Gasteiger partial charge is 0.256 e. The Balaban J connectivity index is 1.74. The zero-order valence-electron chi connectivity index (χ0n) is 17.7. The van der Waals surface area contributed by atoms with E-state index in [4.69, 9.17) is 5.11 Å². The van der Waals surface area contributed by atoms with Gasteiger partial charge in [-0.3, -0.25) is 14.4 Å². The highest BCUT2D eigenvalue weighted by Gasteiger charge is 2.26. The van der Waals surface area contributed by atoms with Crippen molar-refractivity contribution in [3.63, 3.8) is 0 Å². The fraction of sp³-hybridized carbons (Fsp3) is 0.318. The molecule has 0 bridgehead atoms. The van der Waals surface area contributed by atoms with Gasteiger partial charge in [0.1, 0.15) is 5.82 Å². The summed E-state index contributed by atoms with van der Waals surface area (Å²) in [4.78, 5) is 39.7. The van der Waals surface area contributed by atoms with Gasteiger partial charge in [-0.2, -0.15) is 0 Å². The molecule has 0 aliphatic carbocycles. The van der Waals surface area contributed by atoms with Gasteiger partial charge in [0.2, 0.25) is 5.91 Å². The van der Waals surface area contributed by atoms with E-state index in [-0.39, 0.29) is 37.6 Å². The third-order valence-electron chi connectivity index (χ3n) is 5.11. The molecule has 3 amide bonds. The number of aliphatic hydroxyl groups is 2. The zero-order valence-corrected chi connectivity index (χ0v) is 17.7. The van der Waals surface area contributed by atoms with Crippen LogP contribution in [0.1, 0.15) is 39.3 Å². The van der Waals surface area contributed by atoms with Crippen molar-refractivity contribution < 1.29 is 29.0 Å². The van der Waals surface area contributed by atoms with Crippen molar-refractivity contribution in [3.8, 4) is 0 Å². The quantitative estimate of drug-likeness (QED) is 0.335. The van der Waals surface area contributed by atoms with Crippen molar-refractivity contribution in [1.29, 1.82) is 0 Å². The molecule has 9 nitrogen and oxygen atoms in total. The van der Waals surface area contributed by atoms with Gasteiger partial charge in [-0.25, -0.2) is 4.39 Å². The van der Waals surface area contributed by atoms with Crippen LogP contribution in [0.5, 0.6) is 0 Å². The van der Waals surface area contributed by atoms with Gasteiger partial charge in [0.15, 0.2) is 0 Å². The van der Waals surface area contributed by atoms with Gasteiger partial charge in [0.25, 0.3) is 11.8 Å². The Morgan fingerprint density at radius 1 is 1.25 bits per heavy atom. The van der Waals surface area contributed by atoms with Crippen LogP contribution >= 0.6 is 0 Å². The third kappa shape index (κ3) is 5.04. The van der Waals surface area contributed by atoms with E-state index in [0.29, 0.717) is 33.8 Å². The Morgan fingerprint density at radius 3 is 2.72 bits per heavy atom. The molecule has 3 rings (SSSR count). The first kappa shape index (κ1) is 23.2. The lowest BCUT2D eigenvalue weighted by Crippen LogP contribution is -2.36. The SMILES string of the molecule is Cc1[nH]c(/C=C2\C(=O)Nc3ccc(F)cc32)c(C)c1C(=O)NCC(O)CC(=O)NCCO. The van der Waals surface area contributed by atoms with E-state index in [1.54, 1.807) is 19.9 Å². The van der Waals surface area contributed by atoms with Crippen molar-refractivity contribution in [3.05, 3.63) is 52.1 Å². The second kappa shape index (κ2) is 9.75. The lowest BCUT2D eigenvalue weighted by atomic mass is 10.0. The molecule has 0 saturated heterocycles. The van der Waals surface area contributed by atoms with Crippen LogP contribution in [0.2, 0.25) is 0 Å². The highest BCUT2D eigenvalue weighted by molar-refractivity contribution is 6.34. The van der Waals surface area contributed by atoms with Crippen molar-refractivity contribution in [2.45, 2.75) is 26.4 Å². The normalized spacial score (nSPS) is 14.8. The molecule has 1 atom stereocenters. The van der Waals surface area contributed by atoms with E-state index in [0.717, 1.165) is 0 Å². The molecule has 0 spiro atoms. The molecule has 1 aromatic heterocycles.